The second-order valence-electron chi connectivity index (χ2n) is 5.62. The van der Waals surface area contributed by atoms with Gasteiger partial charge in [0.15, 0.2) is 0 Å². The van der Waals surface area contributed by atoms with Crippen molar-refractivity contribution >= 4 is 47.1 Å². The van der Waals surface area contributed by atoms with Crippen molar-refractivity contribution in [3.05, 3.63) is 48.5 Å². The molecule has 0 aromatic heterocycles. The molecule has 1 fully saturated rings. The average molecular weight is 355 g/mol. The number of hydrazone groups is 1. The van der Waals surface area contributed by atoms with Crippen molar-refractivity contribution in [2.45, 2.75) is 27.9 Å². The summed E-state index contributed by atoms with van der Waals surface area (Å²) in [5.74, 6) is 1.18. The fourth-order valence-corrected chi connectivity index (χ4v) is 5.04. The summed E-state index contributed by atoms with van der Waals surface area (Å²) in [6, 6.07) is 15.7. The number of para-hydroxylation sites is 2. The Hall–Kier alpha value is -1.92. The number of benzene rings is 2. The summed E-state index contributed by atoms with van der Waals surface area (Å²) in [5.41, 5.74) is 4.48. The number of thioether (sulfide) groups is 1. The molecule has 2 amide bonds. The third-order valence-electron chi connectivity index (χ3n) is 4.00. The fourth-order valence-electron chi connectivity index (χ4n) is 2.87. The zero-order chi connectivity index (χ0) is 16.4. The molecule has 1 atom stereocenters. The quantitative estimate of drug-likeness (QED) is 0.617. The van der Waals surface area contributed by atoms with Crippen LogP contribution in [0.25, 0.3) is 0 Å². The van der Waals surface area contributed by atoms with E-state index < -0.39 is 0 Å². The molecule has 24 heavy (non-hydrogen) atoms. The molecule has 0 radical (unpaired) electrons. The Morgan fingerprint density at radius 2 is 1.79 bits per heavy atom. The van der Waals surface area contributed by atoms with Gasteiger partial charge in [-0.15, -0.1) is 0 Å². The predicted molar refractivity (Wildman–Crippen MR) is 102 cm³/mol. The summed E-state index contributed by atoms with van der Waals surface area (Å²) < 4.78 is 0. The third-order valence-corrected chi connectivity index (χ3v) is 6.44. The molecular formula is C18H17N3OS2. The SMILES string of the molecule is O=C(N/N=C/C1CCCS1)N1c2ccccc2Sc2ccccc21. The standard InChI is InChI=1S/C18H17N3OS2/c22-18(20-19-12-13-6-5-11-23-13)21-14-7-1-3-9-16(14)24-17-10-4-2-8-15(17)21/h1-4,7-10,12-13H,5-6,11H2,(H,20,22)/b19-12+. The predicted octanol–water partition coefficient (Wildman–Crippen LogP) is 4.88. The highest BCUT2D eigenvalue weighted by Gasteiger charge is 2.27. The number of carbonyl (C=O) groups is 1. The van der Waals surface area contributed by atoms with E-state index in [0.29, 0.717) is 5.25 Å². The summed E-state index contributed by atoms with van der Waals surface area (Å²) in [4.78, 5) is 16.6. The number of anilines is 2. The van der Waals surface area contributed by atoms with Crippen molar-refractivity contribution in [2.24, 2.45) is 5.10 Å². The Morgan fingerprint density at radius 1 is 1.12 bits per heavy atom. The van der Waals surface area contributed by atoms with E-state index in [1.807, 2.05) is 66.5 Å². The first kappa shape index (κ1) is 15.6. The largest absolute Gasteiger partial charge is 0.346 e. The van der Waals surface area contributed by atoms with Crippen molar-refractivity contribution < 1.29 is 4.79 Å². The summed E-state index contributed by atoms with van der Waals surface area (Å²) in [7, 11) is 0. The van der Waals surface area contributed by atoms with E-state index >= 15 is 0 Å². The van der Waals surface area contributed by atoms with Gasteiger partial charge in [0.25, 0.3) is 0 Å². The van der Waals surface area contributed by atoms with Crippen LogP contribution in [0.2, 0.25) is 0 Å². The Kier molecular flexibility index (Phi) is 4.49. The molecule has 6 heteroatoms. The number of hydrogen-bond donors (Lipinski definition) is 1. The van der Waals surface area contributed by atoms with Gasteiger partial charge in [-0.1, -0.05) is 36.0 Å². The number of nitrogens with zero attached hydrogens (tertiary/aromatic N) is 2. The van der Waals surface area contributed by atoms with Crippen molar-refractivity contribution in [3.8, 4) is 0 Å². The van der Waals surface area contributed by atoms with Crippen LogP contribution >= 0.6 is 23.5 Å². The topological polar surface area (TPSA) is 44.7 Å². The monoisotopic (exact) mass is 355 g/mol. The number of urea groups is 1. The lowest BCUT2D eigenvalue weighted by Crippen LogP contribution is -2.35. The van der Waals surface area contributed by atoms with Crippen LogP contribution in [0.4, 0.5) is 16.2 Å². The van der Waals surface area contributed by atoms with Gasteiger partial charge in [0.05, 0.1) is 11.4 Å². The molecule has 0 spiro atoms. The van der Waals surface area contributed by atoms with Crippen molar-refractivity contribution in [1.82, 2.24) is 5.43 Å². The maximum absolute atomic E-state index is 12.8. The van der Waals surface area contributed by atoms with E-state index in [9.17, 15) is 4.79 Å². The smallest absolute Gasteiger partial charge is 0.259 e. The Balaban J connectivity index is 1.60. The minimum absolute atomic E-state index is 0.227. The van der Waals surface area contributed by atoms with Crippen LogP contribution in [0.15, 0.2) is 63.4 Å². The first-order valence-electron chi connectivity index (χ1n) is 7.94. The molecule has 0 bridgehead atoms. The van der Waals surface area contributed by atoms with Gasteiger partial charge in [-0.25, -0.2) is 10.2 Å². The normalized spacial score (nSPS) is 19.2. The van der Waals surface area contributed by atoms with Crippen molar-refractivity contribution in [2.75, 3.05) is 10.7 Å². The minimum atomic E-state index is -0.227. The fraction of sp³-hybridized carbons (Fsp3) is 0.222. The van der Waals surface area contributed by atoms with Crippen LogP contribution in [0.3, 0.4) is 0 Å². The maximum atomic E-state index is 12.8. The van der Waals surface area contributed by atoms with E-state index in [0.717, 1.165) is 27.6 Å². The third kappa shape index (κ3) is 3.03. The highest BCUT2D eigenvalue weighted by molar-refractivity contribution is 8.00. The van der Waals surface area contributed by atoms with Crippen LogP contribution < -0.4 is 10.3 Å². The molecule has 1 unspecified atom stereocenters. The lowest BCUT2D eigenvalue weighted by Gasteiger charge is -2.30. The molecule has 2 aliphatic heterocycles. The van der Waals surface area contributed by atoms with E-state index in [-0.39, 0.29) is 6.03 Å². The van der Waals surface area contributed by atoms with E-state index in [1.165, 1.54) is 12.2 Å². The van der Waals surface area contributed by atoms with Gasteiger partial charge in [-0.05, 0) is 42.9 Å². The van der Waals surface area contributed by atoms with Crippen LogP contribution in [0.5, 0.6) is 0 Å². The van der Waals surface area contributed by atoms with E-state index in [1.54, 1.807) is 16.7 Å². The van der Waals surface area contributed by atoms with Gasteiger partial charge in [-0.3, -0.25) is 4.90 Å². The van der Waals surface area contributed by atoms with Gasteiger partial charge in [0, 0.05) is 21.3 Å². The molecule has 1 N–H and O–H groups in total. The maximum Gasteiger partial charge on any atom is 0.346 e. The molecule has 0 saturated carbocycles. The summed E-state index contributed by atoms with van der Waals surface area (Å²) in [6.45, 7) is 0. The number of carbonyl (C=O) groups excluding carboxylic acids is 1. The Labute approximate surface area is 149 Å². The van der Waals surface area contributed by atoms with Crippen molar-refractivity contribution in [1.29, 1.82) is 0 Å². The zero-order valence-corrected chi connectivity index (χ0v) is 14.6. The number of amides is 2. The van der Waals surface area contributed by atoms with Gasteiger partial charge in [0.1, 0.15) is 0 Å². The highest BCUT2D eigenvalue weighted by Crippen LogP contribution is 2.47. The van der Waals surface area contributed by atoms with Gasteiger partial charge < -0.3 is 0 Å². The Bertz CT molecular complexity index is 742. The molecule has 4 rings (SSSR count). The first-order chi connectivity index (χ1) is 11.8. The zero-order valence-electron chi connectivity index (χ0n) is 13.0. The molecule has 2 heterocycles. The number of fused-ring (bicyclic) bond motifs is 2. The van der Waals surface area contributed by atoms with Gasteiger partial charge in [-0.2, -0.15) is 16.9 Å². The summed E-state index contributed by atoms with van der Waals surface area (Å²) >= 11 is 3.57. The first-order valence-corrected chi connectivity index (χ1v) is 9.80. The van der Waals surface area contributed by atoms with Crippen LogP contribution in [0, 0.1) is 0 Å². The van der Waals surface area contributed by atoms with E-state index in [4.69, 9.17) is 0 Å². The summed E-state index contributed by atoms with van der Waals surface area (Å²) in [6.07, 6.45) is 4.21. The minimum Gasteiger partial charge on any atom is -0.259 e. The second-order valence-corrected chi connectivity index (χ2v) is 8.05. The number of nitrogens with one attached hydrogen (secondary N) is 1. The molecule has 122 valence electrons. The molecule has 2 aromatic rings. The average Bonchev–Trinajstić information content (AvgIpc) is 3.13. The van der Waals surface area contributed by atoms with Crippen LogP contribution in [0.1, 0.15) is 12.8 Å². The van der Waals surface area contributed by atoms with Crippen LogP contribution in [-0.2, 0) is 0 Å². The van der Waals surface area contributed by atoms with Gasteiger partial charge >= 0.3 is 6.03 Å². The van der Waals surface area contributed by atoms with Crippen molar-refractivity contribution in [3.63, 3.8) is 0 Å². The molecular weight excluding hydrogens is 338 g/mol. The molecule has 0 aliphatic carbocycles. The molecule has 1 saturated heterocycles. The number of rotatable bonds is 2. The lowest BCUT2D eigenvalue weighted by molar-refractivity contribution is 0.249. The second kappa shape index (κ2) is 6.91. The van der Waals surface area contributed by atoms with E-state index in [2.05, 4.69) is 10.5 Å². The molecule has 2 aromatic carbocycles. The molecule has 2 aliphatic rings. The highest BCUT2D eigenvalue weighted by atomic mass is 32.2. The van der Waals surface area contributed by atoms with Crippen LogP contribution in [-0.4, -0.2) is 23.2 Å². The summed E-state index contributed by atoms with van der Waals surface area (Å²) in [5, 5.41) is 4.60. The lowest BCUT2D eigenvalue weighted by atomic mass is 10.2. The number of hydrogen-bond acceptors (Lipinski definition) is 4. The molecule has 4 nitrogen and oxygen atoms in total. The van der Waals surface area contributed by atoms with Gasteiger partial charge in [0.2, 0.25) is 0 Å². The Morgan fingerprint density at radius 3 is 2.42 bits per heavy atom.